The second-order valence-corrected chi connectivity index (χ2v) is 5.90. The van der Waals surface area contributed by atoms with E-state index in [0.717, 1.165) is 18.2 Å². The number of methoxy groups -OCH3 is 1. The Labute approximate surface area is 149 Å². The van der Waals surface area contributed by atoms with E-state index in [1.54, 1.807) is 12.1 Å². The highest BCUT2D eigenvalue weighted by Crippen LogP contribution is 2.37. The fourth-order valence-electron chi connectivity index (χ4n) is 2.17. The zero-order chi connectivity index (χ0) is 18.6. The lowest BCUT2D eigenvalue weighted by Gasteiger charge is -2.15. The van der Waals surface area contributed by atoms with Crippen LogP contribution in [-0.2, 0) is 0 Å². The van der Waals surface area contributed by atoms with E-state index >= 15 is 0 Å². The summed E-state index contributed by atoms with van der Waals surface area (Å²) in [4.78, 5) is 12.1. The maximum atomic E-state index is 13.6. The molecule has 25 heavy (non-hydrogen) atoms. The molecule has 2 aromatic rings. The first-order valence-electron chi connectivity index (χ1n) is 7.54. The number of rotatable bonds is 6. The number of hydrogen-bond acceptors (Lipinski definition) is 3. The van der Waals surface area contributed by atoms with E-state index in [1.165, 1.54) is 19.3 Å². The lowest BCUT2D eigenvalue weighted by molar-refractivity contribution is 0.104. The third-order valence-electron chi connectivity index (χ3n) is 3.24. The molecule has 0 N–H and O–H groups in total. The Bertz CT molecular complexity index is 796. The summed E-state index contributed by atoms with van der Waals surface area (Å²) in [5.41, 5.74) is -0.0698. The monoisotopic (exact) mass is 366 g/mol. The quantitative estimate of drug-likeness (QED) is 0.513. The third-order valence-corrected chi connectivity index (χ3v) is 3.52. The SMILES string of the molecule is COc1cc(/C=C/C(=O)c2c(F)cccc2F)cc(Cl)c1OC(C)C. The molecule has 0 bridgehead atoms. The molecule has 6 heteroatoms. The van der Waals surface area contributed by atoms with Crippen LogP contribution in [0.25, 0.3) is 6.08 Å². The Morgan fingerprint density at radius 2 is 1.84 bits per heavy atom. The van der Waals surface area contributed by atoms with Gasteiger partial charge in [-0.3, -0.25) is 4.79 Å². The smallest absolute Gasteiger partial charge is 0.191 e. The Hall–Kier alpha value is -2.40. The van der Waals surface area contributed by atoms with Gasteiger partial charge in [-0.05, 0) is 49.8 Å². The van der Waals surface area contributed by atoms with Crippen molar-refractivity contribution in [3.05, 3.63) is 64.2 Å². The second-order valence-electron chi connectivity index (χ2n) is 5.49. The van der Waals surface area contributed by atoms with Gasteiger partial charge in [0.05, 0.1) is 23.8 Å². The minimum Gasteiger partial charge on any atom is -0.493 e. The van der Waals surface area contributed by atoms with Crippen LogP contribution in [0.4, 0.5) is 8.78 Å². The Morgan fingerprint density at radius 1 is 1.20 bits per heavy atom. The van der Waals surface area contributed by atoms with E-state index in [0.29, 0.717) is 22.1 Å². The predicted molar refractivity (Wildman–Crippen MR) is 93.5 cm³/mol. The average molecular weight is 367 g/mol. The number of carbonyl (C=O) groups excluding carboxylic acids is 1. The van der Waals surface area contributed by atoms with E-state index < -0.39 is 23.0 Å². The lowest BCUT2D eigenvalue weighted by Crippen LogP contribution is -2.07. The van der Waals surface area contributed by atoms with Gasteiger partial charge in [-0.25, -0.2) is 8.78 Å². The van der Waals surface area contributed by atoms with Crippen molar-refractivity contribution in [2.24, 2.45) is 0 Å². The van der Waals surface area contributed by atoms with Crippen LogP contribution in [0, 0.1) is 11.6 Å². The number of allylic oxidation sites excluding steroid dienone is 1. The molecular weight excluding hydrogens is 350 g/mol. The normalized spacial score (nSPS) is 11.2. The van der Waals surface area contributed by atoms with Gasteiger partial charge in [-0.2, -0.15) is 0 Å². The lowest BCUT2D eigenvalue weighted by atomic mass is 10.1. The van der Waals surface area contributed by atoms with Gasteiger partial charge in [0.15, 0.2) is 17.3 Å². The summed E-state index contributed by atoms with van der Waals surface area (Å²) in [5, 5.41) is 0.303. The largest absolute Gasteiger partial charge is 0.493 e. The van der Waals surface area contributed by atoms with Crippen LogP contribution < -0.4 is 9.47 Å². The highest BCUT2D eigenvalue weighted by atomic mass is 35.5. The molecule has 0 amide bonds. The van der Waals surface area contributed by atoms with Crippen molar-refractivity contribution < 1.29 is 23.0 Å². The van der Waals surface area contributed by atoms with Gasteiger partial charge in [-0.1, -0.05) is 23.7 Å². The summed E-state index contributed by atoms with van der Waals surface area (Å²) in [6.45, 7) is 3.70. The summed E-state index contributed by atoms with van der Waals surface area (Å²) >= 11 is 6.20. The van der Waals surface area contributed by atoms with Gasteiger partial charge >= 0.3 is 0 Å². The fourth-order valence-corrected chi connectivity index (χ4v) is 2.44. The molecule has 3 nitrogen and oxygen atoms in total. The molecule has 0 saturated carbocycles. The van der Waals surface area contributed by atoms with E-state index in [-0.39, 0.29) is 6.10 Å². The molecule has 132 valence electrons. The second kappa shape index (κ2) is 8.12. The van der Waals surface area contributed by atoms with Crippen LogP contribution in [0.5, 0.6) is 11.5 Å². The molecule has 0 aliphatic heterocycles. The van der Waals surface area contributed by atoms with Crippen molar-refractivity contribution in [2.45, 2.75) is 20.0 Å². The highest BCUT2D eigenvalue weighted by Gasteiger charge is 2.15. The number of halogens is 3. The standard InChI is InChI=1S/C19H17ClF2O3/c1-11(2)25-19-13(20)9-12(10-17(19)24-3)7-8-16(23)18-14(21)5-4-6-15(18)22/h4-11H,1-3H3/b8-7+. The zero-order valence-corrected chi connectivity index (χ0v) is 14.7. The summed E-state index contributed by atoms with van der Waals surface area (Å²) in [5.74, 6) is -1.82. The van der Waals surface area contributed by atoms with Gasteiger partial charge in [-0.15, -0.1) is 0 Å². The van der Waals surface area contributed by atoms with E-state index in [4.69, 9.17) is 21.1 Å². The number of hydrogen-bond donors (Lipinski definition) is 0. The van der Waals surface area contributed by atoms with Crippen LogP contribution in [0.15, 0.2) is 36.4 Å². The van der Waals surface area contributed by atoms with Crippen LogP contribution in [0.3, 0.4) is 0 Å². The Kier molecular flexibility index (Phi) is 6.15. The van der Waals surface area contributed by atoms with Crippen LogP contribution >= 0.6 is 11.6 Å². The maximum Gasteiger partial charge on any atom is 0.191 e. The van der Waals surface area contributed by atoms with Crippen molar-refractivity contribution in [1.82, 2.24) is 0 Å². The first-order valence-corrected chi connectivity index (χ1v) is 7.92. The van der Waals surface area contributed by atoms with E-state index in [2.05, 4.69) is 0 Å². The van der Waals surface area contributed by atoms with Crippen LogP contribution in [0.2, 0.25) is 5.02 Å². The molecule has 0 radical (unpaired) electrons. The van der Waals surface area contributed by atoms with Gasteiger partial charge in [0.2, 0.25) is 0 Å². The van der Waals surface area contributed by atoms with E-state index in [1.807, 2.05) is 13.8 Å². The molecule has 0 aromatic heterocycles. The van der Waals surface area contributed by atoms with Gasteiger partial charge in [0.25, 0.3) is 0 Å². The van der Waals surface area contributed by atoms with Crippen molar-refractivity contribution in [1.29, 1.82) is 0 Å². The Morgan fingerprint density at radius 3 is 2.40 bits per heavy atom. The van der Waals surface area contributed by atoms with Gasteiger partial charge in [0, 0.05) is 0 Å². The molecule has 0 fully saturated rings. The first-order chi connectivity index (χ1) is 11.8. The van der Waals surface area contributed by atoms with Crippen molar-refractivity contribution in [3.8, 4) is 11.5 Å². The summed E-state index contributed by atoms with van der Waals surface area (Å²) in [6, 6.07) is 6.45. The molecule has 0 saturated heterocycles. The topological polar surface area (TPSA) is 35.5 Å². The van der Waals surface area contributed by atoms with Crippen molar-refractivity contribution in [2.75, 3.05) is 7.11 Å². The molecule has 0 atom stereocenters. The average Bonchev–Trinajstić information content (AvgIpc) is 2.54. The highest BCUT2D eigenvalue weighted by molar-refractivity contribution is 6.32. The van der Waals surface area contributed by atoms with Crippen molar-refractivity contribution in [3.63, 3.8) is 0 Å². The molecule has 0 heterocycles. The maximum absolute atomic E-state index is 13.6. The van der Waals surface area contributed by atoms with E-state index in [9.17, 15) is 13.6 Å². The summed E-state index contributed by atoms with van der Waals surface area (Å²) in [7, 11) is 1.46. The van der Waals surface area contributed by atoms with Crippen molar-refractivity contribution >= 4 is 23.5 Å². The molecule has 0 unspecified atom stereocenters. The third kappa shape index (κ3) is 4.57. The number of benzene rings is 2. The summed E-state index contributed by atoms with van der Waals surface area (Å²) < 4.78 is 38.1. The zero-order valence-electron chi connectivity index (χ0n) is 14.0. The van der Waals surface area contributed by atoms with Gasteiger partial charge < -0.3 is 9.47 Å². The van der Waals surface area contributed by atoms with Crippen LogP contribution in [0.1, 0.15) is 29.8 Å². The molecule has 0 aliphatic carbocycles. The predicted octanol–water partition coefficient (Wildman–Crippen LogP) is 5.31. The fraction of sp³-hybridized carbons (Fsp3) is 0.211. The molecule has 0 spiro atoms. The number of carbonyl (C=O) groups is 1. The minimum atomic E-state index is -0.911. The molecular formula is C19H17ClF2O3. The van der Waals surface area contributed by atoms with Crippen LogP contribution in [-0.4, -0.2) is 19.0 Å². The minimum absolute atomic E-state index is 0.0987. The number of ether oxygens (including phenoxy) is 2. The van der Waals surface area contributed by atoms with Gasteiger partial charge in [0.1, 0.15) is 11.6 Å². The number of ketones is 1. The molecule has 2 aromatic carbocycles. The Balaban J connectivity index is 2.32. The first kappa shape index (κ1) is 18.9. The molecule has 0 aliphatic rings. The summed E-state index contributed by atoms with van der Waals surface area (Å²) in [6.07, 6.45) is 2.38. The molecule has 2 rings (SSSR count).